The molecule has 0 radical (unpaired) electrons. The molecular weight excluding hydrogens is 266 g/mol. The number of amides is 1. The van der Waals surface area contributed by atoms with E-state index in [2.05, 4.69) is 17.2 Å². The van der Waals surface area contributed by atoms with Gasteiger partial charge in [0.15, 0.2) is 0 Å². The second-order valence-corrected chi connectivity index (χ2v) is 5.58. The molecule has 3 rings (SSSR count). The Morgan fingerprint density at radius 2 is 2.05 bits per heavy atom. The molecule has 4 heteroatoms. The van der Waals surface area contributed by atoms with E-state index < -0.39 is 0 Å². The Labute approximate surface area is 124 Å². The van der Waals surface area contributed by atoms with Crippen LogP contribution in [-0.4, -0.2) is 36.4 Å². The molecular formula is C17H19NO3. The summed E-state index contributed by atoms with van der Waals surface area (Å²) < 4.78 is 5.73. The summed E-state index contributed by atoms with van der Waals surface area (Å²) in [7, 11) is 0. The summed E-state index contributed by atoms with van der Waals surface area (Å²) in [6, 6.07) is 7.25. The highest BCUT2D eigenvalue weighted by Gasteiger charge is 2.41. The highest BCUT2D eigenvalue weighted by atomic mass is 16.5. The minimum Gasteiger partial charge on any atom is -0.384 e. The van der Waals surface area contributed by atoms with E-state index >= 15 is 0 Å². The van der Waals surface area contributed by atoms with Crippen molar-refractivity contribution in [2.24, 2.45) is 5.92 Å². The molecule has 110 valence electrons. The predicted molar refractivity (Wildman–Crippen MR) is 78.7 cm³/mol. The van der Waals surface area contributed by atoms with Crippen molar-refractivity contribution < 1.29 is 14.6 Å². The smallest absolute Gasteiger partial charge is 0.251 e. The number of hydrogen-bond donors (Lipinski definition) is 2. The van der Waals surface area contributed by atoms with Gasteiger partial charge in [-0.2, -0.15) is 0 Å². The minimum absolute atomic E-state index is 0.0576. The number of carbonyl (C=O) groups is 1. The second-order valence-electron chi connectivity index (χ2n) is 5.58. The normalized spacial score (nSPS) is 24.2. The first-order chi connectivity index (χ1) is 10.3. The van der Waals surface area contributed by atoms with Gasteiger partial charge in [-0.1, -0.05) is 11.8 Å². The lowest BCUT2D eigenvalue weighted by Gasteiger charge is -2.19. The van der Waals surface area contributed by atoms with Crippen LogP contribution in [0.15, 0.2) is 24.3 Å². The SMILES string of the molecule is O=C(NC1CCOC1C1CC1)c1ccc(C#CCO)cc1. The van der Waals surface area contributed by atoms with Gasteiger partial charge in [0.05, 0.1) is 12.1 Å². The van der Waals surface area contributed by atoms with Gasteiger partial charge in [0.2, 0.25) is 0 Å². The lowest BCUT2D eigenvalue weighted by Crippen LogP contribution is -2.41. The zero-order valence-corrected chi connectivity index (χ0v) is 11.8. The molecule has 2 unspecified atom stereocenters. The molecule has 4 nitrogen and oxygen atoms in total. The highest BCUT2D eigenvalue weighted by molar-refractivity contribution is 5.94. The number of rotatable bonds is 3. The predicted octanol–water partition coefficient (Wildman–Crippen LogP) is 1.33. The largest absolute Gasteiger partial charge is 0.384 e. The summed E-state index contributed by atoms with van der Waals surface area (Å²) in [5, 5.41) is 11.7. The van der Waals surface area contributed by atoms with E-state index in [9.17, 15) is 4.79 Å². The summed E-state index contributed by atoms with van der Waals surface area (Å²) in [5.74, 6) is 5.97. The van der Waals surface area contributed by atoms with Crippen molar-refractivity contribution in [3.8, 4) is 11.8 Å². The highest BCUT2D eigenvalue weighted by Crippen LogP contribution is 2.38. The summed E-state index contributed by atoms with van der Waals surface area (Å²) in [4.78, 5) is 12.3. The van der Waals surface area contributed by atoms with Crippen molar-refractivity contribution in [1.29, 1.82) is 0 Å². The molecule has 1 saturated heterocycles. The molecule has 2 aliphatic rings. The molecule has 0 spiro atoms. The van der Waals surface area contributed by atoms with Crippen LogP contribution in [-0.2, 0) is 4.74 Å². The van der Waals surface area contributed by atoms with Crippen LogP contribution in [0, 0.1) is 17.8 Å². The third kappa shape index (κ3) is 3.44. The van der Waals surface area contributed by atoms with Crippen LogP contribution < -0.4 is 5.32 Å². The van der Waals surface area contributed by atoms with E-state index in [0.29, 0.717) is 11.5 Å². The van der Waals surface area contributed by atoms with Crippen molar-refractivity contribution in [3.63, 3.8) is 0 Å². The van der Waals surface area contributed by atoms with Gasteiger partial charge in [0.25, 0.3) is 5.91 Å². The number of carbonyl (C=O) groups excluding carboxylic acids is 1. The van der Waals surface area contributed by atoms with Crippen LogP contribution in [0.4, 0.5) is 0 Å². The van der Waals surface area contributed by atoms with Crippen molar-refractivity contribution in [3.05, 3.63) is 35.4 Å². The third-order valence-electron chi connectivity index (χ3n) is 4.00. The first-order valence-electron chi connectivity index (χ1n) is 7.40. The fraction of sp³-hybridized carbons (Fsp3) is 0.471. The summed E-state index contributed by atoms with van der Waals surface area (Å²) in [6.07, 6.45) is 3.53. The Morgan fingerprint density at radius 1 is 1.29 bits per heavy atom. The maximum atomic E-state index is 12.3. The number of ether oxygens (including phenoxy) is 1. The Bertz CT molecular complexity index is 566. The van der Waals surface area contributed by atoms with Crippen LogP contribution >= 0.6 is 0 Å². The maximum Gasteiger partial charge on any atom is 0.251 e. The maximum absolute atomic E-state index is 12.3. The van der Waals surface area contributed by atoms with E-state index in [0.717, 1.165) is 18.6 Å². The van der Waals surface area contributed by atoms with Gasteiger partial charge >= 0.3 is 0 Å². The fourth-order valence-electron chi connectivity index (χ4n) is 2.75. The van der Waals surface area contributed by atoms with E-state index in [1.807, 2.05) is 0 Å². The van der Waals surface area contributed by atoms with Crippen molar-refractivity contribution in [2.75, 3.05) is 13.2 Å². The molecule has 1 saturated carbocycles. The minimum atomic E-state index is -0.160. The number of nitrogens with one attached hydrogen (secondary N) is 1. The number of aliphatic hydroxyl groups excluding tert-OH is 1. The Balaban J connectivity index is 1.62. The van der Waals surface area contributed by atoms with Gasteiger partial charge in [-0.3, -0.25) is 4.79 Å². The van der Waals surface area contributed by atoms with Gasteiger partial charge in [-0.25, -0.2) is 0 Å². The molecule has 1 aliphatic carbocycles. The van der Waals surface area contributed by atoms with Crippen molar-refractivity contribution in [1.82, 2.24) is 5.32 Å². The summed E-state index contributed by atoms with van der Waals surface area (Å²) in [6.45, 7) is 0.578. The molecule has 0 aromatic heterocycles. The molecule has 2 fully saturated rings. The molecule has 2 atom stereocenters. The van der Waals surface area contributed by atoms with Crippen LogP contribution in [0.2, 0.25) is 0 Å². The van der Waals surface area contributed by atoms with Crippen LogP contribution in [0.5, 0.6) is 0 Å². The van der Waals surface area contributed by atoms with Gasteiger partial charge in [-0.15, -0.1) is 0 Å². The average molecular weight is 285 g/mol. The average Bonchev–Trinajstić information content (AvgIpc) is 3.26. The van der Waals surface area contributed by atoms with Gasteiger partial charge in [0, 0.05) is 17.7 Å². The van der Waals surface area contributed by atoms with E-state index in [-0.39, 0.29) is 24.7 Å². The van der Waals surface area contributed by atoms with E-state index in [1.54, 1.807) is 24.3 Å². The monoisotopic (exact) mass is 285 g/mol. The quantitative estimate of drug-likeness (QED) is 0.824. The number of benzene rings is 1. The molecule has 1 amide bonds. The van der Waals surface area contributed by atoms with Crippen molar-refractivity contribution >= 4 is 5.91 Å². The zero-order valence-electron chi connectivity index (χ0n) is 11.8. The third-order valence-corrected chi connectivity index (χ3v) is 4.00. The second kappa shape index (κ2) is 6.30. The summed E-state index contributed by atoms with van der Waals surface area (Å²) in [5.41, 5.74) is 1.42. The number of aliphatic hydroxyl groups is 1. The molecule has 1 heterocycles. The van der Waals surface area contributed by atoms with E-state index in [4.69, 9.17) is 9.84 Å². The molecule has 21 heavy (non-hydrogen) atoms. The van der Waals surface area contributed by atoms with Gasteiger partial charge < -0.3 is 15.2 Å². The standard InChI is InChI=1S/C17H19NO3/c19-10-1-2-12-3-5-14(6-4-12)17(20)18-15-9-11-21-16(15)13-7-8-13/h3-6,13,15-16,19H,7-11H2,(H,18,20). The Hall–Kier alpha value is -1.83. The number of hydrogen-bond acceptors (Lipinski definition) is 3. The van der Waals surface area contributed by atoms with Crippen LogP contribution in [0.25, 0.3) is 0 Å². The van der Waals surface area contributed by atoms with Gasteiger partial charge in [-0.05, 0) is 49.4 Å². The van der Waals surface area contributed by atoms with Crippen LogP contribution in [0.1, 0.15) is 35.2 Å². The molecule has 0 bridgehead atoms. The lowest BCUT2D eigenvalue weighted by atomic mass is 10.1. The lowest BCUT2D eigenvalue weighted by molar-refractivity contribution is 0.0729. The van der Waals surface area contributed by atoms with Crippen LogP contribution in [0.3, 0.4) is 0 Å². The molecule has 1 aliphatic heterocycles. The topological polar surface area (TPSA) is 58.6 Å². The molecule has 1 aromatic rings. The first-order valence-corrected chi connectivity index (χ1v) is 7.40. The molecule has 2 N–H and O–H groups in total. The Kier molecular flexibility index (Phi) is 4.23. The van der Waals surface area contributed by atoms with E-state index in [1.165, 1.54) is 12.8 Å². The Morgan fingerprint density at radius 3 is 2.71 bits per heavy atom. The first kappa shape index (κ1) is 14.1. The van der Waals surface area contributed by atoms with Gasteiger partial charge in [0.1, 0.15) is 6.61 Å². The fourth-order valence-corrected chi connectivity index (χ4v) is 2.75. The van der Waals surface area contributed by atoms with Crippen molar-refractivity contribution in [2.45, 2.75) is 31.4 Å². The summed E-state index contributed by atoms with van der Waals surface area (Å²) >= 11 is 0. The zero-order chi connectivity index (χ0) is 14.7. The molecule has 1 aromatic carbocycles.